The van der Waals surface area contributed by atoms with Crippen LogP contribution in [0.2, 0.25) is 0 Å². The zero-order valence-corrected chi connectivity index (χ0v) is 15.7. The minimum absolute atomic E-state index is 0.0504. The normalized spacial score (nSPS) is 11.7. The molecule has 0 heterocycles. The second kappa shape index (κ2) is 7.59. The molecule has 0 aliphatic carbocycles. The SMILES string of the molecule is NS(=O)(=O)c1ccc(-c2ccc(C[SH](=O)=O)cc2)c(-c2ccc(F)cc2)c1. The second-order valence-electron chi connectivity index (χ2n) is 5.95. The molecule has 0 spiro atoms. The van der Waals surface area contributed by atoms with Crippen LogP contribution in [-0.2, 0) is 26.5 Å². The molecule has 140 valence electrons. The van der Waals surface area contributed by atoms with Crippen LogP contribution in [0.15, 0.2) is 71.6 Å². The molecule has 2 N–H and O–H groups in total. The van der Waals surface area contributed by atoms with E-state index in [1.54, 1.807) is 42.5 Å². The van der Waals surface area contributed by atoms with Crippen molar-refractivity contribution in [1.82, 2.24) is 0 Å². The fourth-order valence-corrected chi connectivity index (χ4v) is 3.81. The van der Waals surface area contributed by atoms with Gasteiger partial charge in [0.1, 0.15) is 16.5 Å². The zero-order valence-electron chi connectivity index (χ0n) is 14.0. The highest BCUT2D eigenvalue weighted by Crippen LogP contribution is 2.34. The van der Waals surface area contributed by atoms with Crippen molar-refractivity contribution in [1.29, 1.82) is 0 Å². The molecule has 0 atom stereocenters. The van der Waals surface area contributed by atoms with Gasteiger partial charge in [-0.15, -0.1) is 0 Å². The molecule has 8 heteroatoms. The average Bonchev–Trinajstić information content (AvgIpc) is 2.61. The zero-order chi connectivity index (χ0) is 19.6. The number of halogens is 1. The van der Waals surface area contributed by atoms with Gasteiger partial charge in [-0.25, -0.2) is 26.4 Å². The summed E-state index contributed by atoms with van der Waals surface area (Å²) >= 11 is 0. The Morgan fingerprint density at radius 2 is 1.37 bits per heavy atom. The van der Waals surface area contributed by atoms with E-state index in [1.807, 2.05) is 0 Å². The highest BCUT2D eigenvalue weighted by molar-refractivity contribution is 7.89. The van der Waals surface area contributed by atoms with E-state index >= 15 is 0 Å². The van der Waals surface area contributed by atoms with E-state index in [2.05, 4.69) is 0 Å². The first-order valence-electron chi connectivity index (χ1n) is 7.88. The van der Waals surface area contributed by atoms with Gasteiger partial charge in [0, 0.05) is 0 Å². The van der Waals surface area contributed by atoms with E-state index in [1.165, 1.54) is 24.3 Å². The van der Waals surface area contributed by atoms with Gasteiger partial charge in [-0.1, -0.05) is 42.5 Å². The first-order chi connectivity index (χ1) is 12.7. The van der Waals surface area contributed by atoms with Gasteiger partial charge < -0.3 is 0 Å². The van der Waals surface area contributed by atoms with Crippen LogP contribution < -0.4 is 5.14 Å². The van der Waals surface area contributed by atoms with Crippen LogP contribution in [0.5, 0.6) is 0 Å². The third kappa shape index (κ3) is 4.60. The summed E-state index contributed by atoms with van der Waals surface area (Å²) in [5.41, 5.74) is 3.33. The lowest BCUT2D eigenvalue weighted by molar-refractivity contribution is 0.597. The van der Waals surface area contributed by atoms with E-state index in [-0.39, 0.29) is 10.6 Å². The molecule has 5 nitrogen and oxygen atoms in total. The first kappa shape index (κ1) is 19.2. The number of sulfonamides is 1. The summed E-state index contributed by atoms with van der Waals surface area (Å²) in [4.78, 5) is -0.0504. The standard InChI is InChI=1S/C19H16FNO4S2/c20-16-7-5-15(6-8-16)19-11-17(27(21,24)25)9-10-18(19)14-3-1-13(2-4-14)12-26(22)23/h1-11,26H,12H2,(H2,21,24,25). The highest BCUT2D eigenvalue weighted by atomic mass is 32.2. The molecular weight excluding hydrogens is 389 g/mol. The number of nitrogens with two attached hydrogens (primary N) is 1. The van der Waals surface area contributed by atoms with E-state index in [0.29, 0.717) is 22.3 Å². The third-order valence-corrected chi connectivity index (χ3v) is 5.59. The number of benzene rings is 3. The Balaban J connectivity index is 2.15. The summed E-state index contributed by atoms with van der Waals surface area (Å²) in [6.07, 6.45) is 0. The van der Waals surface area contributed by atoms with Gasteiger partial charge in [0.05, 0.1) is 10.6 Å². The summed E-state index contributed by atoms with van der Waals surface area (Å²) in [5, 5.41) is 5.24. The molecule has 0 unspecified atom stereocenters. The number of rotatable bonds is 5. The largest absolute Gasteiger partial charge is 0.238 e. The predicted octanol–water partition coefficient (Wildman–Crippen LogP) is 2.92. The van der Waals surface area contributed by atoms with Crippen molar-refractivity contribution >= 4 is 20.7 Å². The van der Waals surface area contributed by atoms with Gasteiger partial charge >= 0.3 is 0 Å². The van der Waals surface area contributed by atoms with Gasteiger partial charge in [-0.2, -0.15) is 0 Å². The summed E-state index contributed by atoms with van der Waals surface area (Å²) in [6, 6.07) is 17.1. The Bertz CT molecular complexity index is 1150. The van der Waals surface area contributed by atoms with Crippen molar-refractivity contribution in [3.05, 3.63) is 78.1 Å². The average molecular weight is 405 g/mol. The van der Waals surface area contributed by atoms with Gasteiger partial charge in [-0.05, 0) is 52.1 Å². The molecule has 3 aromatic carbocycles. The molecule has 0 fully saturated rings. The van der Waals surface area contributed by atoms with Crippen LogP contribution in [-0.4, -0.2) is 16.8 Å². The smallest absolute Gasteiger partial charge is 0.232 e. The quantitative estimate of drug-likeness (QED) is 0.638. The first-order valence-corrected chi connectivity index (χ1v) is 10.8. The van der Waals surface area contributed by atoms with Gasteiger partial charge in [-0.3, -0.25) is 0 Å². The summed E-state index contributed by atoms with van der Waals surface area (Å²) in [5.74, 6) is -0.455. The van der Waals surface area contributed by atoms with Crippen LogP contribution in [0, 0.1) is 5.82 Å². The molecule has 3 aromatic rings. The van der Waals surface area contributed by atoms with Crippen LogP contribution in [0.4, 0.5) is 4.39 Å². The van der Waals surface area contributed by atoms with Crippen molar-refractivity contribution in [2.24, 2.45) is 5.14 Å². The monoisotopic (exact) mass is 405 g/mol. The fourth-order valence-electron chi connectivity index (χ4n) is 2.76. The lowest BCUT2D eigenvalue weighted by atomic mass is 9.94. The van der Waals surface area contributed by atoms with E-state index in [4.69, 9.17) is 5.14 Å². The molecule has 27 heavy (non-hydrogen) atoms. The number of primary sulfonamides is 1. The van der Waals surface area contributed by atoms with Crippen molar-refractivity contribution < 1.29 is 21.2 Å². The molecular formula is C19H16FNO4S2. The summed E-state index contributed by atoms with van der Waals surface area (Å²) in [7, 11) is -6.42. The van der Waals surface area contributed by atoms with Gasteiger partial charge in [0.2, 0.25) is 10.0 Å². The molecule has 0 aliphatic rings. The Morgan fingerprint density at radius 3 is 1.93 bits per heavy atom. The van der Waals surface area contributed by atoms with Crippen LogP contribution in [0.25, 0.3) is 22.3 Å². The van der Waals surface area contributed by atoms with Crippen LogP contribution in [0.1, 0.15) is 5.56 Å². The lowest BCUT2D eigenvalue weighted by Gasteiger charge is -2.13. The molecule has 0 amide bonds. The van der Waals surface area contributed by atoms with Crippen molar-refractivity contribution in [2.45, 2.75) is 10.6 Å². The maximum atomic E-state index is 13.3. The number of hydrogen-bond donors (Lipinski definition) is 2. The summed E-state index contributed by atoms with van der Waals surface area (Å²) < 4.78 is 58.4. The summed E-state index contributed by atoms with van der Waals surface area (Å²) in [6.45, 7) is 0. The molecule has 0 aromatic heterocycles. The molecule has 0 saturated heterocycles. The third-order valence-electron chi connectivity index (χ3n) is 4.05. The van der Waals surface area contributed by atoms with E-state index in [9.17, 15) is 21.2 Å². The van der Waals surface area contributed by atoms with Crippen molar-refractivity contribution in [2.75, 3.05) is 0 Å². The fraction of sp³-hybridized carbons (Fsp3) is 0.0526. The van der Waals surface area contributed by atoms with Crippen molar-refractivity contribution in [3.63, 3.8) is 0 Å². The molecule has 3 rings (SSSR count). The van der Waals surface area contributed by atoms with E-state index in [0.717, 1.165) is 5.56 Å². The minimum atomic E-state index is -3.90. The van der Waals surface area contributed by atoms with Gasteiger partial charge in [0.25, 0.3) is 0 Å². The second-order valence-corrected chi connectivity index (χ2v) is 8.49. The Hall–Kier alpha value is -2.55. The molecule has 0 bridgehead atoms. The van der Waals surface area contributed by atoms with Crippen LogP contribution >= 0.6 is 0 Å². The Kier molecular flexibility index (Phi) is 5.41. The highest BCUT2D eigenvalue weighted by Gasteiger charge is 2.14. The van der Waals surface area contributed by atoms with Crippen molar-refractivity contribution in [3.8, 4) is 22.3 Å². The maximum absolute atomic E-state index is 13.3. The lowest BCUT2D eigenvalue weighted by Crippen LogP contribution is -2.12. The molecule has 0 saturated carbocycles. The Morgan fingerprint density at radius 1 is 0.815 bits per heavy atom. The number of hydrogen-bond acceptors (Lipinski definition) is 4. The molecule has 0 aliphatic heterocycles. The number of thiol groups is 1. The maximum Gasteiger partial charge on any atom is 0.238 e. The van der Waals surface area contributed by atoms with E-state index < -0.39 is 26.5 Å². The minimum Gasteiger partial charge on any atom is -0.232 e. The Labute approximate surface area is 158 Å². The molecule has 0 radical (unpaired) electrons. The topological polar surface area (TPSA) is 94.3 Å². The van der Waals surface area contributed by atoms with Gasteiger partial charge in [0.15, 0.2) is 0 Å². The predicted molar refractivity (Wildman–Crippen MR) is 103 cm³/mol. The van der Waals surface area contributed by atoms with Crippen LogP contribution in [0.3, 0.4) is 0 Å².